The highest BCUT2D eigenvalue weighted by Crippen LogP contribution is 2.50. The zero-order valence-electron chi connectivity index (χ0n) is 30.7. The number of hydrogen-bond donors (Lipinski definition) is 0. The minimum Gasteiger partial charge on any atom is -0.308 e. The van der Waals surface area contributed by atoms with Crippen molar-refractivity contribution in [1.29, 1.82) is 10.5 Å². The number of sulfone groups is 1. The Hall–Kier alpha value is -7.91. The van der Waals surface area contributed by atoms with Gasteiger partial charge in [-0.15, -0.1) is 0 Å². The molecule has 0 N–H and O–H groups in total. The highest BCUT2D eigenvalue weighted by atomic mass is 32.2. The van der Waals surface area contributed by atoms with E-state index in [2.05, 4.69) is 129 Å². The molecule has 0 atom stereocenters. The maximum Gasteiger partial charge on any atom is 0.206 e. The minimum atomic E-state index is -4.06. The van der Waals surface area contributed by atoms with Gasteiger partial charge < -0.3 is 13.7 Å². The number of nitriles is 2. The van der Waals surface area contributed by atoms with Gasteiger partial charge in [0, 0.05) is 49.4 Å². The summed E-state index contributed by atoms with van der Waals surface area (Å²) in [5.41, 5.74) is 9.39. The van der Waals surface area contributed by atoms with Gasteiger partial charge in [-0.25, -0.2) is 8.42 Å². The van der Waals surface area contributed by atoms with E-state index >= 15 is 0 Å². The van der Waals surface area contributed by atoms with E-state index < -0.39 is 9.84 Å². The molecule has 3 heterocycles. The molecule has 0 aliphatic carbocycles. The predicted molar refractivity (Wildman–Crippen MR) is 231 cm³/mol. The summed E-state index contributed by atoms with van der Waals surface area (Å²) in [6.07, 6.45) is 0. The minimum absolute atomic E-state index is 0.0634. The second-order valence-electron chi connectivity index (χ2n) is 14.4. The summed E-state index contributed by atoms with van der Waals surface area (Å²) in [6, 6.07) is 61.4. The van der Waals surface area contributed by atoms with E-state index in [1.165, 1.54) is 18.2 Å². The first-order valence-electron chi connectivity index (χ1n) is 18.8. The Balaban J connectivity index is 1.33. The van der Waals surface area contributed by atoms with E-state index in [9.17, 15) is 18.9 Å². The summed E-state index contributed by atoms with van der Waals surface area (Å²) in [6.45, 7) is 0. The van der Waals surface area contributed by atoms with Crippen molar-refractivity contribution in [2.24, 2.45) is 0 Å². The first kappa shape index (κ1) is 33.4. The Bertz CT molecular complexity index is 3590. The second kappa shape index (κ2) is 12.6. The quantitative estimate of drug-likeness (QED) is 0.174. The zero-order valence-corrected chi connectivity index (χ0v) is 31.5. The summed E-state index contributed by atoms with van der Waals surface area (Å²) in [7, 11) is -4.06. The number of benzene rings is 8. The van der Waals surface area contributed by atoms with Crippen LogP contribution in [0.1, 0.15) is 11.1 Å². The van der Waals surface area contributed by atoms with E-state index in [4.69, 9.17) is 0 Å². The molecule has 7 nitrogen and oxygen atoms in total. The summed E-state index contributed by atoms with van der Waals surface area (Å²) in [5.74, 6) is 0. The van der Waals surface area contributed by atoms with Crippen molar-refractivity contribution in [1.82, 2.24) is 13.7 Å². The maximum atomic E-state index is 14.0. The average Bonchev–Trinajstić information content (AvgIpc) is 3.93. The third-order valence-electron chi connectivity index (χ3n) is 11.2. The maximum absolute atomic E-state index is 14.0. The molecule has 3 aromatic heterocycles. The van der Waals surface area contributed by atoms with Crippen molar-refractivity contribution in [3.8, 4) is 29.2 Å². The number of para-hydroxylation sites is 5. The Kier molecular flexibility index (Phi) is 7.24. The van der Waals surface area contributed by atoms with E-state index in [0.29, 0.717) is 0 Å². The Morgan fingerprint density at radius 1 is 0.379 bits per heavy atom. The van der Waals surface area contributed by atoms with E-state index in [1.807, 2.05) is 42.5 Å². The fraction of sp³-hybridized carbons (Fsp3) is 0. The third kappa shape index (κ3) is 4.67. The van der Waals surface area contributed by atoms with E-state index in [-0.39, 0.29) is 20.9 Å². The lowest BCUT2D eigenvalue weighted by Crippen LogP contribution is -2.04. The zero-order chi connectivity index (χ0) is 39.1. The van der Waals surface area contributed by atoms with Gasteiger partial charge in [-0.1, -0.05) is 91.0 Å². The lowest BCUT2D eigenvalue weighted by Gasteiger charge is -2.14. The van der Waals surface area contributed by atoms with E-state index in [0.717, 1.165) is 82.5 Å². The summed E-state index contributed by atoms with van der Waals surface area (Å²) in [4.78, 5) is -0.0345. The Morgan fingerprint density at radius 2 is 0.724 bits per heavy atom. The van der Waals surface area contributed by atoms with Gasteiger partial charge in [0.1, 0.15) is 0 Å². The van der Waals surface area contributed by atoms with Gasteiger partial charge in [0.2, 0.25) is 9.84 Å². The van der Waals surface area contributed by atoms with Crippen LogP contribution in [0.4, 0.5) is 0 Å². The molecule has 272 valence electrons. The fourth-order valence-electron chi connectivity index (χ4n) is 8.90. The number of hydrogen-bond acceptors (Lipinski definition) is 4. The van der Waals surface area contributed by atoms with Crippen LogP contribution in [0.25, 0.3) is 82.5 Å². The van der Waals surface area contributed by atoms with Crippen LogP contribution in [0.3, 0.4) is 0 Å². The van der Waals surface area contributed by atoms with Crippen LogP contribution in [0.15, 0.2) is 186 Å². The molecule has 58 heavy (non-hydrogen) atoms. The largest absolute Gasteiger partial charge is 0.308 e. The van der Waals surface area contributed by atoms with Gasteiger partial charge in [0.15, 0.2) is 0 Å². The first-order chi connectivity index (χ1) is 28.5. The molecule has 0 saturated carbocycles. The molecule has 11 aromatic rings. The topological polar surface area (TPSA) is 96.5 Å². The fourth-order valence-corrected chi connectivity index (χ4v) is 10.2. The van der Waals surface area contributed by atoms with Crippen molar-refractivity contribution >= 4 is 75.3 Å². The molecule has 8 aromatic carbocycles. The molecule has 0 amide bonds. The van der Waals surface area contributed by atoms with Crippen molar-refractivity contribution in [3.63, 3.8) is 0 Å². The Labute approximate surface area is 332 Å². The Morgan fingerprint density at radius 3 is 1.10 bits per heavy atom. The molecular weight excluding hydrogens is 735 g/mol. The van der Waals surface area contributed by atoms with Gasteiger partial charge in [0.05, 0.1) is 66.2 Å². The van der Waals surface area contributed by atoms with Gasteiger partial charge in [-0.2, -0.15) is 10.5 Å². The van der Waals surface area contributed by atoms with Gasteiger partial charge in [-0.05, 0) is 84.9 Å². The van der Waals surface area contributed by atoms with Gasteiger partial charge in [-0.3, -0.25) is 0 Å². The molecule has 0 radical (unpaired) electrons. The van der Waals surface area contributed by atoms with Crippen LogP contribution in [0.2, 0.25) is 0 Å². The summed E-state index contributed by atoms with van der Waals surface area (Å²) in [5, 5.41) is 25.8. The highest BCUT2D eigenvalue weighted by molar-refractivity contribution is 7.91. The predicted octanol–water partition coefficient (Wildman–Crippen LogP) is 11.6. The number of aromatic nitrogens is 3. The molecule has 0 spiro atoms. The third-order valence-corrected chi connectivity index (χ3v) is 13.0. The van der Waals surface area contributed by atoms with Crippen LogP contribution in [-0.2, 0) is 9.84 Å². The van der Waals surface area contributed by atoms with Crippen LogP contribution in [-0.4, -0.2) is 22.1 Å². The normalized spacial score (nSPS) is 11.9. The van der Waals surface area contributed by atoms with Crippen molar-refractivity contribution in [3.05, 3.63) is 187 Å². The van der Waals surface area contributed by atoms with E-state index in [1.54, 1.807) is 12.1 Å². The average molecular weight is 764 g/mol. The van der Waals surface area contributed by atoms with Gasteiger partial charge in [0.25, 0.3) is 0 Å². The van der Waals surface area contributed by atoms with Crippen LogP contribution >= 0.6 is 0 Å². The molecule has 0 aliphatic rings. The van der Waals surface area contributed by atoms with Gasteiger partial charge >= 0.3 is 0 Å². The molecule has 0 saturated heterocycles. The molecular formula is C50H29N5O2S. The van der Waals surface area contributed by atoms with Crippen molar-refractivity contribution in [2.45, 2.75) is 9.79 Å². The first-order valence-corrected chi connectivity index (χ1v) is 20.3. The molecule has 0 bridgehead atoms. The molecule has 8 heteroatoms. The molecule has 0 unspecified atom stereocenters. The standard InChI is InChI=1S/C50H29N5O2S/c51-30-32-27-33(31-52)29-38(28-32)58(56,57)37-25-23-36(24-26-37)55-44-22-12-9-19-41(44)47-49-45(39-17-7-10-20-42(39)53(49)34-13-3-1-4-14-34)48-46(50(47)55)40-18-8-11-21-43(40)54(48)35-15-5-2-6-16-35/h1-29H. The van der Waals surface area contributed by atoms with Crippen molar-refractivity contribution < 1.29 is 8.42 Å². The summed E-state index contributed by atoms with van der Waals surface area (Å²) < 4.78 is 35.1. The SMILES string of the molecule is N#Cc1cc(C#N)cc(S(=O)(=O)c2ccc(-n3c4ccccc4c4c5c(c6ccccc6n5-c5ccccc5)c5c(c6ccccc6n5-c5ccccc5)c43)cc2)c1. The number of rotatable bonds is 5. The highest BCUT2D eigenvalue weighted by Gasteiger charge is 2.29. The monoisotopic (exact) mass is 763 g/mol. The molecule has 0 aliphatic heterocycles. The second-order valence-corrected chi connectivity index (χ2v) is 16.3. The van der Waals surface area contributed by atoms with Crippen LogP contribution in [0, 0.1) is 22.7 Å². The molecule has 11 rings (SSSR count). The lowest BCUT2D eigenvalue weighted by molar-refractivity contribution is 0.596. The van der Waals surface area contributed by atoms with Crippen molar-refractivity contribution in [2.75, 3.05) is 0 Å². The summed E-state index contributed by atoms with van der Waals surface area (Å²) >= 11 is 0. The van der Waals surface area contributed by atoms with Crippen LogP contribution in [0.5, 0.6) is 0 Å². The lowest BCUT2D eigenvalue weighted by atomic mass is 10.0. The smallest absolute Gasteiger partial charge is 0.206 e. The number of fused-ring (bicyclic) bond motifs is 12. The molecule has 0 fully saturated rings. The van der Waals surface area contributed by atoms with Crippen LogP contribution < -0.4 is 0 Å². The number of nitrogens with zero attached hydrogens (tertiary/aromatic N) is 5.